The Bertz CT molecular complexity index is 482. The molecule has 22 heavy (non-hydrogen) atoms. The number of rotatable bonds is 5. The summed E-state index contributed by atoms with van der Waals surface area (Å²) in [7, 11) is 5.36. The Morgan fingerprint density at radius 2 is 1.91 bits per heavy atom. The molecule has 0 aliphatic carbocycles. The molecule has 1 fully saturated rings. The molecule has 2 rings (SSSR count). The van der Waals surface area contributed by atoms with E-state index < -0.39 is 0 Å². The van der Waals surface area contributed by atoms with Crippen molar-refractivity contribution in [3.8, 4) is 5.75 Å². The van der Waals surface area contributed by atoms with E-state index in [4.69, 9.17) is 7.85 Å². The number of benzene rings is 1. The molecule has 1 N–H and O–H groups in total. The molecular weight excluding hydrogens is 275 g/mol. The van der Waals surface area contributed by atoms with Crippen LogP contribution in [0.4, 0.5) is 10.5 Å². The minimum Gasteiger partial charge on any atom is -0.508 e. The fraction of sp³-hybridized carbons (Fsp3) is 0.588. The lowest BCUT2D eigenvalue weighted by molar-refractivity contribution is 0.202. The van der Waals surface area contributed by atoms with Gasteiger partial charge in [-0.2, -0.15) is 0 Å². The first-order chi connectivity index (χ1) is 10.5. The molecule has 0 atom stereocenters. The molecule has 5 heteroatoms. The number of piperidine rings is 1. The van der Waals surface area contributed by atoms with Crippen LogP contribution in [0.1, 0.15) is 33.1 Å². The molecule has 118 valence electrons. The van der Waals surface area contributed by atoms with Crippen LogP contribution in [0.5, 0.6) is 5.75 Å². The maximum atomic E-state index is 11.3. The summed E-state index contributed by atoms with van der Waals surface area (Å²) in [4.78, 5) is 15.4. The molecule has 1 aliphatic heterocycles. The summed E-state index contributed by atoms with van der Waals surface area (Å²) >= 11 is 0. The van der Waals surface area contributed by atoms with E-state index in [0.717, 1.165) is 44.6 Å². The summed E-state index contributed by atoms with van der Waals surface area (Å²) in [6.45, 7) is 6.88. The molecule has 0 bridgehead atoms. The number of carbonyl (C=O) groups excluding carboxylic acids is 1. The second-order valence-corrected chi connectivity index (χ2v) is 6.45. The van der Waals surface area contributed by atoms with Crippen molar-refractivity contribution >= 4 is 19.3 Å². The highest BCUT2D eigenvalue weighted by Gasteiger charge is 2.25. The highest BCUT2D eigenvalue weighted by Crippen LogP contribution is 2.26. The highest BCUT2D eigenvalue weighted by atomic mass is 16.3. The predicted octanol–water partition coefficient (Wildman–Crippen LogP) is 3.00. The number of hydrogen-bond acceptors (Lipinski definition) is 3. The Kier molecular flexibility index (Phi) is 5.75. The average molecular weight is 300 g/mol. The van der Waals surface area contributed by atoms with Gasteiger partial charge in [-0.1, -0.05) is 13.8 Å². The number of likely N-dealkylation sites (tertiary alicyclic amines) is 1. The SMILES string of the molecule is [B]C(=O)N1CCC(N(CCC(C)C)c2ccc(O)cc2)CC1. The molecule has 0 unspecified atom stereocenters. The Balaban J connectivity index is 2.07. The summed E-state index contributed by atoms with van der Waals surface area (Å²) in [5.41, 5.74) is 1.14. The van der Waals surface area contributed by atoms with Crippen LogP contribution in [-0.2, 0) is 0 Å². The van der Waals surface area contributed by atoms with Crippen LogP contribution in [0.15, 0.2) is 24.3 Å². The van der Waals surface area contributed by atoms with Gasteiger partial charge in [0.25, 0.3) is 0 Å². The van der Waals surface area contributed by atoms with Crippen molar-refractivity contribution < 1.29 is 9.90 Å². The zero-order valence-electron chi connectivity index (χ0n) is 13.5. The van der Waals surface area contributed by atoms with Gasteiger partial charge in [0.05, 0.1) is 0 Å². The summed E-state index contributed by atoms with van der Waals surface area (Å²) in [6.07, 6.45) is 2.99. The molecule has 1 aromatic carbocycles. The van der Waals surface area contributed by atoms with Gasteiger partial charge in [0.1, 0.15) is 5.75 Å². The van der Waals surface area contributed by atoms with Crippen LogP contribution in [0, 0.1) is 5.92 Å². The van der Waals surface area contributed by atoms with Crippen molar-refractivity contribution in [3.63, 3.8) is 0 Å². The van der Waals surface area contributed by atoms with Crippen LogP contribution in [0.3, 0.4) is 0 Å². The van der Waals surface area contributed by atoms with Gasteiger partial charge in [0.15, 0.2) is 5.81 Å². The van der Waals surface area contributed by atoms with Gasteiger partial charge < -0.3 is 14.9 Å². The summed E-state index contributed by atoms with van der Waals surface area (Å²) in [5.74, 6) is 0.609. The van der Waals surface area contributed by atoms with Crippen molar-refractivity contribution in [3.05, 3.63) is 24.3 Å². The number of anilines is 1. The number of phenolic OH excluding ortho intramolecular Hbond substituents is 1. The number of carbonyl (C=O) groups is 1. The summed E-state index contributed by atoms with van der Waals surface area (Å²) in [6, 6.07) is 7.82. The third kappa shape index (κ3) is 4.42. The molecule has 0 saturated carbocycles. The summed E-state index contributed by atoms with van der Waals surface area (Å²) < 4.78 is 0. The van der Waals surface area contributed by atoms with E-state index in [0.29, 0.717) is 12.0 Å². The van der Waals surface area contributed by atoms with Gasteiger partial charge in [-0.15, -0.1) is 0 Å². The Morgan fingerprint density at radius 3 is 2.41 bits per heavy atom. The van der Waals surface area contributed by atoms with Gasteiger partial charge in [-0.3, -0.25) is 4.79 Å². The van der Waals surface area contributed by atoms with Gasteiger partial charge >= 0.3 is 0 Å². The first kappa shape index (κ1) is 16.7. The van der Waals surface area contributed by atoms with Gasteiger partial charge in [0, 0.05) is 31.4 Å². The Hall–Kier alpha value is -1.65. The second kappa shape index (κ2) is 7.57. The maximum Gasteiger partial charge on any atom is 0.200 e. The van der Waals surface area contributed by atoms with Gasteiger partial charge in [0.2, 0.25) is 7.85 Å². The Labute approximate surface area is 134 Å². The fourth-order valence-electron chi connectivity index (χ4n) is 2.96. The molecule has 0 spiro atoms. The van der Waals surface area contributed by atoms with E-state index in [2.05, 4.69) is 18.7 Å². The van der Waals surface area contributed by atoms with Crippen LogP contribution in [0.2, 0.25) is 0 Å². The van der Waals surface area contributed by atoms with E-state index in [1.807, 2.05) is 12.1 Å². The van der Waals surface area contributed by atoms with Crippen molar-refractivity contribution in [1.82, 2.24) is 4.90 Å². The maximum absolute atomic E-state index is 11.3. The van der Waals surface area contributed by atoms with E-state index in [1.165, 1.54) is 0 Å². The van der Waals surface area contributed by atoms with Crippen LogP contribution in [0.25, 0.3) is 0 Å². The number of aromatic hydroxyl groups is 1. The number of hydrogen-bond donors (Lipinski definition) is 1. The largest absolute Gasteiger partial charge is 0.508 e. The summed E-state index contributed by atoms with van der Waals surface area (Å²) in [5, 5.41) is 9.49. The van der Waals surface area contributed by atoms with Crippen LogP contribution < -0.4 is 4.90 Å². The molecule has 1 heterocycles. The average Bonchev–Trinajstić information content (AvgIpc) is 2.49. The lowest BCUT2D eigenvalue weighted by Gasteiger charge is -2.40. The first-order valence-corrected chi connectivity index (χ1v) is 8.07. The van der Waals surface area contributed by atoms with Gasteiger partial charge in [-0.05, 0) is 49.4 Å². The van der Waals surface area contributed by atoms with Crippen molar-refractivity contribution in [1.29, 1.82) is 0 Å². The Morgan fingerprint density at radius 1 is 1.32 bits per heavy atom. The highest BCUT2D eigenvalue weighted by molar-refractivity contribution is 6.56. The van der Waals surface area contributed by atoms with Crippen molar-refractivity contribution in [2.45, 2.75) is 39.2 Å². The fourth-order valence-corrected chi connectivity index (χ4v) is 2.96. The standard InChI is InChI=1S/C17H25BN2O2/c1-13(2)7-12-20(14-3-5-16(21)6-4-14)15-8-10-19(11-9-15)17(18)22/h3-6,13,15,21H,7-12H2,1-2H3. The first-order valence-electron chi connectivity index (χ1n) is 8.07. The minimum atomic E-state index is -0.322. The molecule has 0 aromatic heterocycles. The van der Waals surface area contributed by atoms with E-state index in [-0.39, 0.29) is 11.6 Å². The molecule has 1 saturated heterocycles. The smallest absolute Gasteiger partial charge is 0.200 e. The lowest BCUT2D eigenvalue weighted by Crippen LogP contribution is -2.47. The zero-order valence-corrected chi connectivity index (χ0v) is 13.5. The molecule has 1 aromatic rings. The number of nitrogens with zero attached hydrogens (tertiary/aromatic N) is 2. The van der Waals surface area contributed by atoms with Crippen molar-refractivity contribution in [2.75, 3.05) is 24.5 Å². The van der Waals surface area contributed by atoms with E-state index in [1.54, 1.807) is 17.0 Å². The normalized spacial score (nSPS) is 16.0. The van der Waals surface area contributed by atoms with E-state index in [9.17, 15) is 9.90 Å². The van der Waals surface area contributed by atoms with E-state index >= 15 is 0 Å². The minimum absolute atomic E-state index is 0.288. The quantitative estimate of drug-likeness (QED) is 0.850. The monoisotopic (exact) mass is 300 g/mol. The number of amides is 1. The topological polar surface area (TPSA) is 43.8 Å². The molecule has 2 radical (unpaired) electrons. The molecular formula is C17H25BN2O2. The predicted molar refractivity (Wildman–Crippen MR) is 90.7 cm³/mol. The third-order valence-corrected chi connectivity index (χ3v) is 4.35. The van der Waals surface area contributed by atoms with Crippen molar-refractivity contribution in [2.24, 2.45) is 5.92 Å². The second-order valence-electron chi connectivity index (χ2n) is 6.45. The number of phenols is 1. The van der Waals surface area contributed by atoms with Gasteiger partial charge in [-0.25, -0.2) is 0 Å². The molecule has 1 amide bonds. The lowest BCUT2D eigenvalue weighted by atomic mass is 9.98. The van der Waals surface area contributed by atoms with Crippen LogP contribution >= 0.6 is 0 Å². The molecule has 1 aliphatic rings. The third-order valence-electron chi connectivity index (χ3n) is 4.35. The van der Waals surface area contributed by atoms with Crippen LogP contribution in [-0.4, -0.2) is 49.3 Å². The molecule has 4 nitrogen and oxygen atoms in total. The zero-order chi connectivity index (χ0) is 16.1.